The molecule has 0 radical (unpaired) electrons. The standard InChI is InChI=1S/C16H20O6/c1-3-16(2)21-13-12(17)11(20-15(13)22-16)9-19-14(18)10-7-5-4-6-8-10/h4-8,11-13,15,17H,3,9H2,1-2H3/t11-,12?,13?,15+,16?/m1/s1. The summed E-state index contributed by atoms with van der Waals surface area (Å²) in [5.74, 6) is -1.18. The number of benzene rings is 1. The molecular formula is C16H20O6. The Morgan fingerprint density at radius 1 is 1.32 bits per heavy atom. The van der Waals surface area contributed by atoms with Crippen LogP contribution < -0.4 is 0 Å². The molecule has 6 heteroatoms. The highest BCUT2D eigenvalue weighted by molar-refractivity contribution is 5.89. The maximum absolute atomic E-state index is 11.9. The van der Waals surface area contributed by atoms with E-state index < -0.39 is 36.4 Å². The highest BCUT2D eigenvalue weighted by Gasteiger charge is 2.55. The van der Waals surface area contributed by atoms with Gasteiger partial charge in [0.05, 0.1) is 5.56 Å². The Morgan fingerprint density at radius 3 is 2.68 bits per heavy atom. The number of aliphatic hydroxyl groups excluding tert-OH is 1. The molecule has 2 heterocycles. The second kappa shape index (κ2) is 5.96. The lowest BCUT2D eigenvalue weighted by Crippen LogP contribution is -2.37. The van der Waals surface area contributed by atoms with E-state index in [1.54, 1.807) is 24.3 Å². The van der Waals surface area contributed by atoms with Crippen molar-refractivity contribution in [2.45, 2.75) is 50.7 Å². The average Bonchev–Trinajstić information content (AvgIpc) is 3.01. The minimum Gasteiger partial charge on any atom is -0.459 e. The van der Waals surface area contributed by atoms with E-state index in [2.05, 4.69) is 0 Å². The summed E-state index contributed by atoms with van der Waals surface area (Å²) in [7, 11) is 0. The summed E-state index contributed by atoms with van der Waals surface area (Å²) in [6, 6.07) is 8.68. The molecule has 3 rings (SSSR count). The van der Waals surface area contributed by atoms with Crippen LogP contribution in [0.25, 0.3) is 0 Å². The number of fused-ring (bicyclic) bond motifs is 1. The van der Waals surface area contributed by atoms with Crippen LogP contribution in [0.3, 0.4) is 0 Å². The first-order valence-electron chi connectivity index (χ1n) is 7.44. The molecule has 0 aromatic heterocycles. The predicted molar refractivity (Wildman–Crippen MR) is 76.0 cm³/mol. The van der Waals surface area contributed by atoms with Crippen LogP contribution in [-0.4, -0.2) is 48.1 Å². The fraction of sp³-hybridized carbons (Fsp3) is 0.562. The van der Waals surface area contributed by atoms with Crippen LogP contribution in [0.15, 0.2) is 30.3 Å². The number of carbonyl (C=O) groups excluding carboxylic acids is 1. The normalized spacial score (nSPS) is 37.0. The van der Waals surface area contributed by atoms with Crippen molar-refractivity contribution in [2.24, 2.45) is 0 Å². The Labute approximate surface area is 128 Å². The van der Waals surface area contributed by atoms with Crippen LogP contribution >= 0.6 is 0 Å². The van der Waals surface area contributed by atoms with Crippen molar-refractivity contribution in [3.05, 3.63) is 35.9 Å². The Bertz CT molecular complexity index is 533. The first-order valence-corrected chi connectivity index (χ1v) is 7.44. The van der Waals surface area contributed by atoms with Gasteiger partial charge >= 0.3 is 5.97 Å². The van der Waals surface area contributed by atoms with Crippen LogP contribution in [0.2, 0.25) is 0 Å². The Balaban J connectivity index is 1.55. The molecule has 2 aliphatic rings. The molecule has 3 unspecified atom stereocenters. The molecule has 1 aromatic rings. The van der Waals surface area contributed by atoms with Crippen molar-refractivity contribution in [3.63, 3.8) is 0 Å². The third-order valence-electron chi connectivity index (χ3n) is 4.08. The zero-order chi connectivity index (χ0) is 15.7. The van der Waals surface area contributed by atoms with E-state index >= 15 is 0 Å². The molecule has 1 N–H and O–H groups in total. The molecule has 22 heavy (non-hydrogen) atoms. The highest BCUT2D eigenvalue weighted by atomic mass is 16.8. The predicted octanol–water partition coefficient (Wildman–Crippen LogP) is 1.47. The molecule has 0 bridgehead atoms. The van der Waals surface area contributed by atoms with Gasteiger partial charge in [-0.25, -0.2) is 4.79 Å². The third kappa shape index (κ3) is 2.87. The smallest absolute Gasteiger partial charge is 0.338 e. The van der Waals surface area contributed by atoms with Crippen molar-refractivity contribution in [1.29, 1.82) is 0 Å². The number of hydrogen-bond acceptors (Lipinski definition) is 6. The number of rotatable bonds is 4. The maximum atomic E-state index is 11.9. The summed E-state index contributed by atoms with van der Waals surface area (Å²) in [4.78, 5) is 11.9. The monoisotopic (exact) mass is 308 g/mol. The van der Waals surface area contributed by atoms with Crippen LogP contribution in [0, 0.1) is 0 Å². The van der Waals surface area contributed by atoms with E-state index in [1.165, 1.54) is 0 Å². The van der Waals surface area contributed by atoms with Gasteiger partial charge in [0, 0.05) is 0 Å². The maximum Gasteiger partial charge on any atom is 0.338 e. The van der Waals surface area contributed by atoms with Gasteiger partial charge < -0.3 is 24.1 Å². The number of esters is 1. The molecule has 1 aromatic carbocycles. The van der Waals surface area contributed by atoms with Crippen LogP contribution in [0.1, 0.15) is 30.6 Å². The minimum atomic E-state index is -0.887. The SMILES string of the molecule is CCC1(C)OC2C(O)[C@@H](COC(=O)c3ccccc3)O[C@H]2O1. The topological polar surface area (TPSA) is 74.2 Å². The number of hydrogen-bond donors (Lipinski definition) is 1. The zero-order valence-corrected chi connectivity index (χ0v) is 12.6. The van der Waals surface area contributed by atoms with Gasteiger partial charge in [-0.1, -0.05) is 25.1 Å². The highest BCUT2D eigenvalue weighted by Crippen LogP contribution is 2.39. The van der Waals surface area contributed by atoms with Crippen LogP contribution in [0.5, 0.6) is 0 Å². The quantitative estimate of drug-likeness (QED) is 0.849. The molecular weight excluding hydrogens is 288 g/mol. The van der Waals surface area contributed by atoms with E-state index in [0.717, 1.165) is 0 Å². The largest absolute Gasteiger partial charge is 0.459 e. The van der Waals surface area contributed by atoms with Gasteiger partial charge in [0.15, 0.2) is 12.1 Å². The summed E-state index contributed by atoms with van der Waals surface area (Å²) in [6.07, 6.45) is -2.05. The van der Waals surface area contributed by atoms with E-state index in [9.17, 15) is 9.90 Å². The summed E-state index contributed by atoms with van der Waals surface area (Å²) >= 11 is 0. The molecule has 0 amide bonds. The van der Waals surface area contributed by atoms with Crippen molar-refractivity contribution < 1.29 is 28.8 Å². The molecule has 0 aliphatic carbocycles. The molecule has 2 saturated heterocycles. The summed E-state index contributed by atoms with van der Waals surface area (Å²) in [6.45, 7) is 3.70. The van der Waals surface area contributed by atoms with Gasteiger partial charge in [-0.2, -0.15) is 0 Å². The third-order valence-corrected chi connectivity index (χ3v) is 4.08. The van der Waals surface area contributed by atoms with E-state index in [4.69, 9.17) is 18.9 Å². The first kappa shape index (κ1) is 15.4. The van der Waals surface area contributed by atoms with Crippen LogP contribution in [0.4, 0.5) is 0 Å². The molecule has 0 spiro atoms. The Hall–Kier alpha value is -1.47. The van der Waals surface area contributed by atoms with Crippen molar-refractivity contribution in [2.75, 3.05) is 6.61 Å². The van der Waals surface area contributed by atoms with E-state index in [1.807, 2.05) is 19.9 Å². The number of carbonyl (C=O) groups is 1. The summed E-state index contributed by atoms with van der Waals surface area (Å²) in [5.41, 5.74) is 0.459. The molecule has 120 valence electrons. The van der Waals surface area contributed by atoms with Gasteiger partial charge in [-0.3, -0.25) is 0 Å². The van der Waals surface area contributed by atoms with Crippen molar-refractivity contribution >= 4 is 5.97 Å². The lowest BCUT2D eigenvalue weighted by atomic mass is 10.1. The second-order valence-corrected chi connectivity index (χ2v) is 5.69. The average molecular weight is 308 g/mol. The van der Waals surface area contributed by atoms with Gasteiger partial charge in [0.1, 0.15) is 24.9 Å². The lowest BCUT2D eigenvalue weighted by molar-refractivity contribution is -0.228. The molecule has 0 saturated carbocycles. The van der Waals surface area contributed by atoms with E-state index in [0.29, 0.717) is 12.0 Å². The molecule has 6 nitrogen and oxygen atoms in total. The van der Waals surface area contributed by atoms with Crippen molar-refractivity contribution in [1.82, 2.24) is 0 Å². The minimum absolute atomic E-state index is 0.0442. The first-order chi connectivity index (χ1) is 10.5. The van der Waals surface area contributed by atoms with Crippen molar-refractivity contribution in [3.8, 4) is 0 Å². The van der Waals surface area contributed by atoms with Gasteiger partial charge in [0.25, 0.3) is 0 Å². The van der Waals surface area contributed by atoms with Gasteiger partial charge in [-0.15, -0.1) is 0 Å². The molecule has 2 fully saturated rings. The van der Waals surface area contributed by atoms with E-state index in [-0.39, 0.29) is 6.61 Å². The van der Waals surface area contributed by atoms with Crippen LogP contribution in [-0.2, 0) is 18.9 Å². The lowest BCUT2D eigenvalue weighted by Gasteiger charge is -2.25. The fourth-order valence-corrected chi connectivity index (χ4v) is 2.60. The van der Waals surface area contributed by atoms with Gasteiger partial charge in [0.2, 0.25) is 0 Å². The number of aliphatic hydroxyl groups is 1. The Kier molecular flexibility index (Phi) is 4.18. The fourth-order valence-electron chi connectivity index (χ4n) is 2.60. The summed E-state index contributed by atoms with van der Waals surface area (Å²) in [5, 5.41) is 10.2. The Morgan fingerprint density at radius 2 is 2.05 bits per heavy atom. The van der Waals surface area contributed by atoms with Gasteiger partial charge in [-0.05, 0) is 25.5 Å². The zero-order valence-electron chi connectivity index (χ0n) is 12.6. The molecule has 2 aliphatic heterocycles. The number of ether oxygens (including phenoxy) is 4. The second-order valence-electron chi connectivity index (χ2n) is 5.69. The summed E-state index contributed by atoms with van der Waals surface area (Å²) < 4.78 is 22.2. The molecule has 5 atom stereocenters.